The molecule has 40 heavy (non-hydrogen) atoms. The SMILES string of the molecule is CC(C(=O)NC1CCCC1)N(Cc1ccc(Cl)c(Cl)c1)C(=O)CCCN(c1cccc(C(F)(F)F)c1)S(C)(=O)=O. The molecule has 0 aromatic heterocycles. The molecule has 1 aliphatic rings. The maximum absolute atomic E-state index is 13.4. The maximum atomic E-state index is 13.4. The Labute approximate surface area is 242 Å². The fourth-order valence-corrected chi connectivity index (χ4v) is 5.93. The van der Waals surface area contributed by atoms with Gasteiger partial charge in [0.05, 0.1) is 27.6 Å². The van der Waals surface area contributed by atoms with Gasteiger partial charge >= 0.3 is 6.18 Å². The standard InChI is InChI=1S/C27H32Cl2F3N3O4S/c1-18(26(37)33-21-8-3-4-9-21)34(17-19-12-13-23(28)24(29)15-19)25(36)11-6-14-35(40(2,38)39)22-10-5-7-20(16-22)27(30,31)32/h5,7,10,12-13,15-16,18,21H,3-4,6,8-9,11,14,17H2,1-2H3,(H,33,37). The molecular weight excluding hydrogens is 590 g/mol. The second kappa shape index (κ2) is 13.4. The smallest absolute Gasteiger partial charge is 0.352 e. The monoisotopic (exact) mass is 621 g/mol. The summed E-state index contributed by atoms with van der Waals surface area (Å²) < 4.78 is 65.3. The van der Waals surface area contributed by atoms with Gasteiger partial charge in [0.1, 0.15) is 6.04 Å². The van der Waals surface area contributed by atoms with Crippen LogP contribution in [-0.2, 0) is 32.3 Å². The van der Waals surface area contributed by atoms with Crippen LogP contribution >= 0.6 is 23.2 Å². The fraction of sp³-hybridized carbons (Fsp3) is 0.481. The third-order valence-electron chi connectivity index (χ3n) is 6.82. The Kier molecular flexibility index (Phi) is 10.8. The molecular formula is C27H32Cl2F3N3O4S. The molecule has 0 heterocycles. The third kappa shape index (κ3) is 8.75. The van der Waals surface area contributed by atoms with Crippen LogP contribution < -0.4 is 9.62 Å². The molecule has 2 aromatic carbocycles. The summed E-state index contributed by atoms with van der Waals surface area (Å²) in [6.45, 7) is 1.44. The molecule has 1 atom stereocenters. The predicted molar refractivity (Wildman–Crippen MR) is 150 cm³/mol. The lowest BCUT2D eigenvalue weighted by Crippen LogP contribution is -2.49. The number of carbonyl (C=O) groups excluding carboxylic acids is 2. The Morgan fingerprint density at radius 1 is 1.07 bits per heavy atom. The van der Waals surface area contributed by atoms with Gasteiger partial charge < -0.3 is 10.2 Å². The summed E-state index contributed by atoms with van der Waals surface area (Å²) >= 11 is 12.2. The van der Waals surface area contributed by atoms with Crippen LogP contribution in [0.4, 0.5) is 18.9 Å². The normalized spacial score (nSPS) is 15.1. The largest absolute Gasteiger partial charge is 0.416 e. The molecule has 220 valence electrons. The first-order valence-electron chi connectivity index (χ1n) is 12.9. The highest BCUT2D eigenvalue weighted by molar-refractivity contribution is 7.92. The molecule has 0 saturated heterocycles. The number of sulfonamides is 1. The van der Waals surface area contributed by atoms with Crippen LogP contribution in [0.25, 0.3) is 0 Å². The van der Waals surface area contributed by atoms with E-state index in [9.17, 15) is 31.2 Å². The molecule has 1 N–H and O–H groups in total. The van der Waals surface area contributed by atoms with E-state index in [0.29, 0.717) is 15.6 Å². The Balaban J connectivity index is 1.76. The number of rotatable bonds is 11. The lowest BCUT2D eigenvalue weighted by atomic mass is 10.1. The molecule has 13 heteroatoms. The van der Waals surface area contributed by atoms with Crippen LogP contribution in [0, 0.1) is 0 Å². The number of halogens is 5. The van der Waals surface area contributed by atoms with Crippen LogP contribution in [0.1, 0.15) is 56.6 Å². The zero-order valence-electron chi connectivity index (χ0n) is 22.2. The van der Waals surface area contributed by atoms with Crippen molar-refractivity contribution in [1.82, 2.24) is 10.2 Å². The first kappa shape index (κ1) is 32.0. The average Bonchev–Trinajstić information content (AvgIpc) is 3.38. The predicted octanol–water partition coefficient (Wildman–Crippen LogP) is 6.03. The summed E-state index contributed by atoms with van der Waals surface area (Å²) in [6.07, 6.45) is -0.102. The zero-order valence-corrected chi connectivity index (χ0v) is 24.5. The number of hydrogen-bond acceptors (Lipinski definition) is 4. The van der Waals surface area contributed by atoms with Crippen molar-refractivity contribution in [1.29, 1.82) is 0 Å². The Bertz CT molecular complexity index is 1320. The Morgan fingerprint density at radius 3 is 2.35 bits per heavy atom. The molecule has 1 saturated carbocycles. The van der Waals surface area contributed by atoms with E-state index in [1.165, 1.54) is 11.0 Å². The average molecular weight is 623 g/mol. The minimum absolute atomic E-state index is 0.0109. The van der Waals surface area contributed by atoms with Gasteiger partial charge in [-0.15, -0.1) is 0 Å². The van der Waals surface area contributed by atoms with Gasteiger partial charge in [0.2, 0.25) is 21.8 Å². The first-order valence-corrected chi connectivity index (χ1v) is 15.5. The highest BCUT2D eigenvalue weighted by Gasteiger charge is 2.32. The Hall–Kier alpha value is -2.50. The number of hydrogen-bond donors (Lipinski definition) is 1. The summed E-state index contributed by atoms with van der Waals surface area (Å²) in [7, 11) is -3.95. The molecule has 3 rings (SSSR count). The van der Waals surface area contributed by atoms with Crippen LogP contribution in [0.5, 0.6) is 0 Å². The fourth-order valence-electron chi connectivity index (χ4n) is 4.65. The highest BCUT2D eigenvalue weighted by atomic mass is 35.5. The van der Waals surface area contributed by atoms with E-state index in [1.54, 1.807) is 25.1 Å². The van der Waals surface area contributed by atoms with E-state index in [1.807, 2.05) is 0 Å². The van der Waals surface area contributed by atoms with Gasteiger partial charge in [0.15, 0.2) is 0 Å². The molecule has 1 unspecified atom stereocenters. The molecule has 2 amide bonds. The van der Waals surface area contributed by atoms with E-state index >= 15 is 0 Å². The second-order valence-electron chi connectivity index (χ2n) is 9.92. The number of alkyl halides is 3. The number of carbonyl (C=O) groups is 2. The van der Waals surface area contributed by atoms with Gasteiger partial charge in [-0.25, -0.2) is 8.42 Å². The molecule has 1 fully saturated rings. The molecule has 0 radical (unpaired) electrons. The number of nitrogens with zero attached hydrogens (tertiary/aromatic N) is 2. The van der Waals surface area contributed by atoms with E-state index < -0.39 is 33.7 Å². The van der Waals surface area contributed by atoms with E-state index in [4.69, 9.17) is 23.2 Å². The summed E-state index contributed by atoms with van der Waals surface area (Å²) in [4.78, 5) is 27.8. The number of benzene rings is 2. The maximum Gasteiger partial charge on any atom is 0.416 e. The van der Waals surface area contributed by atoms with Crippen molar-refractivity contribution in [2.45, 2.75) is 70.3 Å². The zero-order chi connectivity index (χ0) is 29.7. The summed E-state index contributed by atoms with van der Waals surface area (Å²) in [5.41, 5.74) is -0.489. The molecule has 2 aromatic rings. The van der Waals surface area contributed by atoms with Crippen LogP contribution in [0.15, 0.2) is 42.5 Å². The number of amides is 2. The van der Waals surface area contributed by atoms with Gasteiger partial charge in [-0.05, 0) is 62.1 Å². The third-order valence-corrected chi connectivity index (χ3v) is 8.75. The molecule has 7 nitrogen and oxygen atoms in total. The minimum Gasteiger partial charge on any atom is -0.352 e. The number of nitrogens with one attached hydrogen (secondary N) is 1. The Morgan fingerprint density at radius 2 is 1.75 bits per heavy atom. The van der Waals surface area contributed by atoms with Crippen molar-refractivity contribution in [2.75, 3.05) is 17.1 Å². The van der Waals surface area contributed by atoms with Gasteiger partial charge in [0.25, 0.3) is 0 Å². The van der Waals surface area contributed by atoms with Crippen molar-refractivity contribution in [3.05, 3.63) is 63.6 Å². The topological polar surface area (TPSA) is 86.8 Å². The lowest BCUT2D eigenvalue weighted by Gasteiger charge is -2.30. The van der Waals surface area contributed by atoms with E-state index in [0.717, 1.165) is 54.4 Å². The molecule has 0 bridgehead atoms. The van der Waals surface area contributed by atoms with Gasteiger partial charge in [-0.3, -0.25) is 13.9 Å². The first-order chi connectivity index (χ1) is 18.7. The van der Waals surface area contributed by atoms with Crippen molar-refractivity contribution < 1.29 is 31.2 Å². The summed E-state index contributed by atoms with van der Waals surface area (Å²) in [5, 5.41) is 3.62. The molecule has 1 aliphatic carbocycles. The van der Waals surface area contributed by atoms with Gasteiger partial charge in [-0.1, -0.05) is 48.2 Å². The summed E-state index contributed by atoms with van der Waals surface area (Å²) in [6, 6.07) is 8.10. The van der Waals surface area contributed by atoms with E-state index in [-0.39, 0.29) is 43.6 Å². The van der Waals surface area contributed by atoms with Crippen LogP contribution in [0.2, 0.25) is 10.0 Å². The quantitative estimate of drug-likeness (QED) is 0.332. The second-order valence-corrected chi connectivity index (χ2v) is 12.6. The summed E-state index contributed by atoms with van der Waals surface area (Å²) in [5.74, 6) is -0.723. The van der Waals surface area contributed by atoms with Gasteiger partial charge in [-0.2, -0.15) is 13.2 Å². The van der Waals surface area contributed by atoms with Crippen molar-refractivity contribution in [3.8, 4) is 0 Å². The van der Waals surface area contributed by atoms with Crippen LogP contribution in [0.3, 0.4) is 0 Å². The van der Waals surface area contributed by atoms with Crippen molar-refractivity contribution in [3.63, 3.8) is 0 Å². The minimum atomic E-state index is -4.64. The number of anilines is 1. The lowest BCUT2D eigenvalue weighted by molar-refractivity contribution is -0.141. The van der Waals surface area contributed by atoms with Crippen LogP contribution in [-0.4, -0.2) is 50.0 Å². The van der Waals surface area contributed by atoms with E-state index in [2.05, 4.69) is 5.32 Å². The van der Waals surface area contributed by atoms with Crippen molar-refractivity contribution >= 4 is 50.7 Å². The van der Waals surface area contributed by atoms with Gasteiger partial charge in [0, 0.05) is 25.6 Å². The molecule has 0 aliphatic heterocycles. The molecule has 0 spiro atoms. The van der Waals surface area contributed by atoms with Crippen molar-refractivity contribution in [2.24, 2.45) is 0 Å². The highest BCUT2D eigenvalue weighted by Crippen LogP contribution is 2.32.